The highest BCUT2D eigenvalue weighted by atomic mass is 35.5. The Hall–Kier alpha value is -3.18. The molecule has 0 aromatic heterocycles. The van der Waals surface area contributed by atoms with Gasteiger partial charge in [-0.3, -0.25) is 0 Å². The zero-order chi connectivity index (χ0) is 19.4. The van der Waals surface area contributed by atoms with Crippen LogP contribution in [0, 0.1) is 0 Å². The van der Waals surface area contributed by atoms with Crippen molar-refractivity contribution in [3.05, 3.63) is 88.4 Å². The first-order chi connectivity index (χ1) is 14.3. The maximum absolute atomic E-state index is 6.36. The van der Waals surface area contributed by atoms with Crippen LogP contribution in [0.5, 0.6) is 17.2 Å². The molecule has 3 aromatic carbocycles. The number of hydrogen-bond donors (Lipinski definition) is 0. The lowest BCUT2D eigenvalue weighted by Crippen LogP contribution is -2.33. The molecule has 0 fully saturated rings. The molecule has 3 heterocycles. The molecule has 0 saturated heterocycles. The second kappa shape index (κ2) is 6.42. The Balaban J connectivity index is 1.44. The van der Waals surface area contributed by atoms with Crippen molar-refractivity contribution in [2.75, 3.05) is 6.79 Å². The summed E-state index contributed by atoms with van der Waals surface area (Å²) in [5.41, 5.74) is 4.16. The molecular weight excluding hydrogens is 388 g/mol. The maximum Gasteiger partial charge on any atom is 0.231 e. The zero-order valence-electron chi connectivity index (χ0n) is 15.4. The fourth-order valence-corrected chi connectivity index (χ4v) is 4.36. The summed E-state index contributed by atoms with van der Waals surface area (Å²) in [4.78, 5) is 0. The van der Waals surface area contributed by atoms with Gasteiger partial charge in [0.05, 0.1) is 11.8 Å². The standard InChI is InChI=1S/C23H17ClN2O3/c24-16-5-3-4-15(10-16)23-26-19(17-6-1-2-7-20(17)29-23)12-18(25-26)14-8-9-21-22(11-14)28-13-27-21/h1-11,19,23H,12-13H2/t19-,23+/m1/s1. The van der Waals surface area contributed by atoms with E-state index >= 15 is 0 Å². The summed E-state index contributed by atoms with van der Waals surface area (Å²) in [6.45, 7) is 0.262. The molecule has 2 atom stereocenters. The van der Waals surface area contributed by atoms with Crippen molar-refractivity contribution in [2.45, 2.75) is 18.7 Å². The molecule has 3 aromatic rings. The third kappa shape index (κ3) is 2.73. The molecule has 29 heavy (non-hydrogen) atoms. The van der Waals surface area contributed by atoms with E-state index < -0.39 is 0 Å². The lowest BCUT2D eigenvalue weighted by molar-refractivity contribution is -0.0190. The molecule has 0 saturated carbocycles. The van der Waals surface area contributed by atoms with Gasteiger partial charge in [-0.05, 0) is 36.4 Å². The maximum atomic E-state index is 6.36. The summed E-state index contributed by atoms with van der Waals surface area (Å²) >= 11 is 6.25. The van der Waals surface area contributed by atoms with E-state index in [0.29, 0.717) is 5.02 Å². The number of benzene rings is 3. The molecule has 6 rings (SSSR count). The van der Waals surface area contributed by atoms with Crippen molar-refractivity contribution in [1.82, 2.24) is 5.01 Å². The Bertz CT molecular complexity index is 1150. The van der Waals surface area contributed by atoms with Crippen LogP contribution in [0.25, 0.3) is 0 Å². The van der Waals surface area contributed by atoms with E-state index in [2.05, 4.69) is 6.07 Å². The molecule has 5 nitrogen and oxygen atoms in total. The van der Waals surface area contributed by atoms with E-state index in [4.69, 9.17) is 30.9 Å². The SMILES string of the molecule is Clc1cccc([C@@H]2Oc3ccccc3[C@H]3CC(c4ccc5c(c4)OCO5)=NN32)c1. The van der Waals surface area contributed by atoms with Crippen LogP contribution in [0.2, 0.25) is 5.02 Å². The predicted octanol–water partition coefficient (Wildman–Crippen LogP) is 5.31. The summed E-state index contributed by atoms with van der Waals surface area (Å²) in [6.07, 6.45) is 0.456. The van der Waals surface area contributed by atoms with Crippen LogP contribution in [0.1, 0.15) is 35.4 Å². The lowest BCUT2D eigenvalue weighted by atomic mass is 9.96. The summed E-state index contributed by atoms with van der Waals surface area (Å²) in [6, 6.07) is 22.0. The zero-order valence-corrected chi connectivity index (χ0v) is 16.2. The topological polar surface area (TPSA) is 43.3 Å². The number of fused-ring (bicyclic) bond motifs is 4. The van der Waals surface area contributed by atoms with Crippen molar-refractivity contribution in [1.29, 1.82) is 0 Å². The van der Waals surface area contributed by atoms with E-state index in [1.807, 2.05) is 65.7 Å². The number of nitrogens with zero attached hydrogens (tertiary/aromatic N) is 2. The minimum atomic E-state index is -0.333. The monoisotopic (exact) mass is 404 g/mol. The second-order valence-corrected chi connectivity index (χ2v) is 7.71. The molecule has 6 heteroatoms. The molecule has 144 valence electrons. The smallest absolute Gasteiger partial charge is 0.231 e. The highest BCUT2D eigenvalue weighted by Gasteiger charge is 2.41. The minimum absolute atomic E-state index is 0.101. The fourth-order valence-electron chi connectivity index (χ4n) is 4.16. The third-order valence-corrected chi connectivity index (χ3v) is 5.77. The summed E-state index contributed by atoms with van der Waals surface area (Å²) in [5, 5.41) is 7.71. The van der Waals surface area contributed by atoms with E-state index in [-0.39, 0.29) is 19.1 Å². The molecule has 0 N–H and O–H groups in total. The Kier molecular flexibility index (Phi) is 3.71. The van der Waals surface area contributed by atoms with Crippen molar-refractivity contribution in [2.24, 2.45) is 5.10 Å². The fraction of sp³-hybridized carbons (Fsp3) is 0.174. The van der Waals surface area contributed by atoms with Gasteiger partial charge in [0, 0.05) is 28.1 Å². The van der Waals surface area contributed by atoms with Crippen molar-refractivity contribution in [3.8, 4) is 17.2 Å². The summed E-state index contributed by atoms with van der Waals surface area (Å²) in [7, 11) is 0. The largest absolute Gasteiger partial charge is 0.464 e. The van der Waals surface area contributed by atoms with E-state index in [9.17, 15) is 0 Å². The Morgan fingerprint density at radius 1 is 0.897 bits per heavy atom. The predicted molar refractivity (Wildman–Crippen MR) is 110 cm³/mol. The Morgan fingerprint density at radius 2 is 1.79 bits per heavy atom. The Morgan fingerprint density at radius 3 is 2.72 bits per heavy atom. The van der Waals surface area contributed by atoms with Gasteiger partial charge in [0.2, 0.25) is 13.0 Å². The summed E-state index contributed by atoms with van der Waals surface area (Å²) in [5.74, 6) is 2.43. The van der Waals surface area contributed by atoms with Crippen molar-refractivity contribution < 1.29 is 14.2 Å². The number of para-hydroxylation sites is 1. The van der Waals surface area contributed by atoms with Crippen LogP contribution in [0.3, 0.4) is 0 Å². The summed E-state index contributed by atoms with van der Waals surface area (Å²) < 4.78 is 17.3. The van der Waals surface area contributed by atoms with Gasteiger partial charge < -0.3 is 14.2 Å². The first-order valence-electron chi connectivity index (χ1n) is 9.53. The van der Waals surface area contributed by atoms with Gasteiger partial charge in [0.25, 0.3) is 0 Å². The molecule has 0 spiro atoms. The normalized spacial score (nSPS) is 21.3. The van der Waals surface area contributed by atoms with Gasteiger partial charge in [-0.2, -0.15) is 5.10 Å². The molecule has 3 aliphatic heterocycles. The third-order valence-electron chi connectivity index (χ3n) is 5.54. The van der Waals surface area contributed by atoms with Crippen LogP contribution in [0.15, 0.2) is 71.8 Å². The van der Waals surface area contributed by atoms with Gasteiger partial charge in [0.15, 0.2) is 11.5 Å². The van der Waals surface area contributed by atoms with Crippen molar-refractivity contribution >= 4 is 17.3 Å². The lowest BCUT2D eigenvalue weighted by Gasteiger charge is -2.38. The highest BCUT2D eigenvalue weighted by molar-refractivity contribution is 6.30. The average Bonchev–Trinajstić information content (AvgIpc) is 3.40. The van der Waals surface area contributed by atoms with E-state index in [0.717, 1.165) is 46.1 Å². The molecular formula is C23H17ClN2O3. The number of ether oxygens (including phenoxy) is 3. The number of hydrazone groups is 1. The van der Waals surface area contributed by atoms with E-state index in [1.165, 1.54) is 0 Å². The van der Waals surface area contributed by atoms with Gasteiger partial charge in [-0.15, -0.1) is 0 Å². The molecule has 3 aliphatic rings. The Labute approximate surface area is 173 Å². The van der Waals surface area contributed by atoms with Crippen LogP contribution >= 0.6 is 11.6 Å². The second-order valence-electron chi connectivity index (χ2n) is 7.28. The van der Waals surface area contributed by atoms with Gasteiger partial charge in [0.1, 0.15) is 5.75 Å². The quantitative estimate of drug-likeness (QED) is 0.580. The number of hydrogen-bond acceptors (Lipinski definition) is 5. The van der Waals surface area contributed by atoms with Gasteiger partial charge in [-0.25, -0.2) is 5.01 Å². The number of halogens is 1. The molecule has 0 unspecified atom stereocenters. The van der Waals surface area contributed by atoms with Crippen molar-refractivity contribution in [3.63, 3.8) is 0 Å². The minimum Gasteiger partial charge on any atom is -0.464 e. The molecule has 0 amide bonds. The van der Waals surface area contributed by atoms with Gasteiger partial charge in [-0.1, -0.05) is 41.9 Å². The van der Waals surface area contributed by atoms with Crippen LogP contribution in [-0.4, -0.2) is 17.5 Å². The van der Waals surface area contributed by atoms with E-state index in [1.54, 1.807) is 0 Å². The van der Waals surface area contributed by atoms with Crippen LogP contribution in [0.4, 0.5) is 0 Å². The van der Waals surface area contributed by atoms with Gasteiger partial charge >= 0.3 is 0 Å². The molecule has 0 bridgehead atoms. The first-order valence-corrected chi connectivity index (χ1v) is 9.91. The number of rotatable bonds is 2. The molecule has 0 radical (unpaired) electrons. The van der Waals surface area contributed by atoms with Crippen LogP contribution < -0.4 is 14.2 Å². The van der Waals surface area contributed by atoms with Crippen LogP contribution in [-0.2, 0) is 0 Å². The average molecular weight is 405 g/mol. The molecule has 0 aliphatic carbocycles. The first kappa shape index (κ1) is 16.7. The highest BCUT2D eigenvalue weighted by Crippen LogP contribution is 2.48.